The Bertz CT molecular complexity index is 596. The van der Waals surface area contributed by atoms with Gasteiger partial charge in [0.25, 0.3) is 0 Å². The maximum atomic E-state index is 11.7. The van der Waals surface area contributed by atoms with Crippen molar-refractivity contribution in [2.45, 2.75) is 6.61 Å². The Hall–Kier alpha value is -2.56. The molecule has 2 aromatic rings. The third-order valence-corrected chi connectivity index (χ3v) is 2.55. The normalized spacial score (nSPS) is 9.95. The molecule has 2 rings (SSSR count). The maximum Gasteiger partial charge on any atom is 0.339 e. The molecule has 1 N–H and O–H groups in total. The molecule has 5 heteroatoms. The van der Waals surface area contributed by atoms with E-state index in [2.05, 4.69) is 4.98 Å². The van der Waals surface area contributed by atoms with Gasteiger partial charge in [0, 0.05) is 12.3 Å². The largest absolute Gasteiger partial charge is 0.497 e. The van der Waals surface area contributed by atoms with Crippen LogP contribution in [0.15, 0.2) is 47.4 Å². The summed E-state index contributed by atoms with van der Waals surface area (Å²) in [5.74, 6) is 0.266. The van der Waals surface area contributed by atoms with E-state index in [0.29, 0.717) is 5.56 Å². The summed E-state index contributed by atoms with van der Waals surface area (Å²) in [5, 5.41) is 0. The fraction of sp³-hybridized carbons (Fsp3) is 0.143. The van der Waals surface area contributed by atoms with E-state index >= 15 is 0 Å². The Kier molecular flexibility index (Phi) is 3.97. The Labute approximate surface area is 109 Å². The van der Waals surface area contributed by atoms with E-state index in [-0.39, 0.29) is 12.2 Å². The van der Waals surface area contributed by atoms with Crippen LogP contribution in [-0.2, 0) is 11.3 Å². The molecule has 0 fully saturated rings. The van der Waals surface area contributed by atoms with E-state index < -0.39 is 5.97 Å². The standard InChI is InChI=1S/C14H13NO4/c1-18-12-5-2-10(3-6-12)9-19-14(17)11-4-7-13(16)15-8-11/h2-8H,9H2,1H3,(H,15,16). The molecule has 1 heterocycles. The summed E-state index contributed by atoms with van der Waals surface area (Å²) < 4.78 is 10.2. The third kappa shape index (κ3) is 3.45. The predicted octanol–water partition coefficient (Wildman–Crippen LogP) is 1.74. The minimum absolute atomic E-state index is 0.169. The Morgan fingerprint density at radius 3 is 2.47 bits per heavy atom. The third-order valence-electron chi connectivity index (χ3n) is 2.55. The molecule has 0 unspecified atom stereocenters. The van der Waals surface area contributed by atoms with Gasteiger partial charge in [-0.2, -0.15) is 0 Å². The van der Waals surface area contributed by atoms with Crippen LogP contribution >= 0.6 is 0 Å². The molecular formula is C14H13NO4. The Morgan fingerprint density at radius 1 is 1.16 bits per heavy atom. The van der Waals surface area contributed by atoms with E-state index in [9.17, 15) is 9.59 Å². The number of pyridine rings is 1. The molecule has 0 amide bonds. The number of carbonyl (C=O) groups excluding carboxylic acids is 1. The Balaban J connectivity index is 1.96. The summed E-state index contributed by atoms with van der Waals surface area (Å²) >= 11 is 0. The highest BCUT2D eigenvalue weighted by Gasteiger charge is 2.07. The number of ether oxygens (including phenoxy) is 2. The number of carbonyl (C=O) groups is 1. The lowest BCUT2D eigenvalue weighted by atomic mass is 10.2. The van der Waals surface area contributed by atoms with Crippen molar-refractivity contribution >= 4 is 5.97 Å². The van der Waals surface area contributed by atoms with Gasteiger partial charge in [-0.3, -0.25) is 4.79 Å². The molecule has 0 radical (unpaired) electrons. The molecule has 1 aromatic heterocycles. The van der Waals surface area contributed by atoms with Crippen LogP contribution in [0.1, 0.15) is 15.9 Å². The summed E-state index contributed by atoms with van der Waals surface area (Å²) in [4.78, 5) is 25.0. The number of esters is 1. The molecule has 0 saturated carbocycles. The van der Waals surface area contributed by atoms with Gasteiger partial charge in [-0.1, -0.05) is 12.1 Å². The van der Waals surface area contributed by atoms with Crippen molar-refractivity contribution in [3.05, 3.63) is 64.1 Å². The first-order chi connectivity index (χ1) is 9.19. The fourth-order valence-electron chi connectivity index (χ4n) is 1.49. The van der Waals surface area contributed by atoms with Crippen LogP contribution in [0, 0.1) is 0 Å². The minimum Gasteiger partial charge on any atom is -0.497 e. The quantitative estimate of drug-likeness (QED) is 0.849. The van der Waals surface area contributed by atoms with Crippen LogP contribution < -0.4 is 10.3 Å². The molecule has 0 aliphatic rings. The highest BCUT2D eigenvalue weighted by atomic mass is 16.5. The van der Waals surface area contributed by atoms with Crippen LogP contribution in [0.25, 0.3) is 0 Å². The zero-order valence-electron chi connectivity index (χ0n) is 10.4. The number of methoxy groups -OCH3 is 1. The summed E-state index contributed by atoms with van der Waals surface area (Å²) in [6.45, 7) is 0.169. The van der Waals surface area contributed by atoms with Gasteiger partial charge < -0.3 is 14.5 Å². The van der Waals surface area contributed by atoms with Gasteiger partial charge in [-0.05, 0) is 23.8 Å². The molecule has 98 valence electrons. The number of nitrogens with one attached hydrogen (secondary N) is 1. The van der Waals surface area contributed by atoms with E-state index in [1.165, 1.54) is 18.3 Å². The Morgan fingerprint density at radius 2 is 1.89 bits per heavy atom. The molecule has 0 spiro atoms. The highest BCUT2D eigenvalue weighted by molar-refractivity contribution is 5.88. The van der Waals surface area contributed by atoms with Crippen molar-refractivity contribution in [1.82, 2.24) is 4.98 Å². The van der Waals surface area contributed by atoms with Crippen molar-refractivity contribution < 1.29 is 14.3 Å². The van der Waals surface area contributed by atoms with Crippen LogP contribution in [0.5, 0.6) is 5.75 Å². The first-order valence-corrected chi connectivity index (χ1v) is 5.68. The second kappa shape index (κ2) is 5.86. The second-order valence-electron chi connectivity index (χ2n) is 3.87. The monoisotopic (exact) mass is 259 g/mol. The predicted molar refractivity (Wildman–Crippen MR) is 69.2 cm³/mol. The molecule has 0 bridgehead atoms. The number of aromatic nitrogens is 1. The number of hydrogen-bond donors (Lipinski definition) is 1. The van der Waals surface area contributed by atoms with Crippen molar-refractivity contribution in [2.24, 2.45) is 0 Å². The van der Waals surface area contributed by atoms with Crippen LogP contribution in [-0.4, -0.2) is 18.1 Å². The van der Waals surface area contributed by atoms with Crippen LogP contribution in [0.3, 0.4) is 0 Å². The molecule has 19 heavy (non-hydrogen) atoms. The van der Waals surface area contributed by atoms with Crippen molar-refractivity contribution in [3.63, 3.8) is 0 Å². The number of H-pyrrole nitrogens is 1. The molecule has 0 saturated heterocycles. The van der Waals surface area contributed by atoms with Gasteiger partial charge >= 0.3 is 5.97 Å². The lowest BCUT2D eigenvalue weighted by Gasteiger charge is -2.05. The topological polar surface area (TPSA) is 68.4 Å². The van der Waals surface area contributed by atoms with Gasteiger partial charge in [0.05, 0.1) is 12.7 Å². The number of benzene rings is 1. The summed E-state index contributed by atoms with van der Waals surface area (Å²) in [5.41, 5.74) is 0.915. The van der Waals surface area contributed by atoms with Gasteiger partial charge in [0.2, 0.25) is 5.56 Å². The summed E-state index contributed by atoms with van der Waals surface area (Å²) in [6, 6.07) is 9.93. The average Bonchev–Trinajstić information content (AvgIpc) is 2.46. The van der Waals surface area contributed by atoms with E-state index in [1.54, 1.807) is 19.2 Å². The van der Waals surface area contributed by atoms with Gasteiger partial charge in [-0.25, -0.2) is 4.79 Å². The maximum absolute atomic E-state index is 11.7. The van der Waals surface area contributed by atoms with Crippen molar-refractivity contribution in [3.8, 4) is 5.75 Å². The average molecular weight is 259 g/mol. The van der Waals surface area contributed by atoms with Crippen molar-refractivity contribution in [2.75, 3.05) is 7.11 Å². The molecule has 5 nitrogen and oxygen atoms in total. The molecule has 0 aliphatic heterocycles. The fourth-order valence-corrected chi connectivity index (χ4v) is 1.49. The SMILES string of the molecule is COc1ccc(COC(=O)c2ccc(=O)[nH]c2)cc1. The lowest BCUT2D eigenvalue weighted by Crippen LogP contribution is -2.09. The second-order valence-corrected chi connectivity index (χ2v) is 3.87. The lowest BCUT2D eigenvalue weighted by molar-refractivity contribution is 0.0472. The minimum atomic E-state index is -0.480. The zero-order chi connectivity index (χ0) is 13.7. The van der Waals surface area contributed by atoms with Gasteiger partial charge in [0.15, 0.2) is 0 Å². The first-order valence-electron chi connectivity index (χ1n) is 5.68. The number of aromatic amines is 1. The number of rotatable bonds is 4. The first kappa shape index (κ1) is 12.9. The smallest absolute Gasteiger partial charge is 0.339 e. The zero-order valence-corrected chi connectivity index (χ0v) is 10.4. The van der Waals surface area contributed by atoms with E-state index in [1.807, 2.05) is 12.1 Å². The van der Waals surface area contributed by atoms with E-state index in [0.717, 1.165) is 11.3 Å². The highest BCUT2D eigenvalue weighted by Crippen LogP contribution is 2.12. The molecule has 1 aromatic carbocycles. The van der Waals surface area contributed by atoms with Gasteiger partial charge in [0.1, 0.15) is 12.4 Å². The molecule has 0 atom stereocenters. The van der Waals surface area contributed by atoms with Crippen LogP contribution in [0.2, 0.25) is 0 Å². The molecular weight excluding hydrogens is 246 g/mol. The van der Waals surface area contributed by atoms with Crippen molar-refractivity contribution in [1.29, 1.82) is 0 Å². The summed E-state index contributed by atoms with van der Waals surface area (Å²) in [6.07, 6.45) is 1.33. The number of hydrogen-bond acceptors (Lipinski definition) is 4. The summed E-state index contributed by atoms with van der Waals surface area (Å²) in [7, 11) is 1.59. The van der Waals surface area contributed by atoms with Crippen LogP contribution in [0.4, 0.5) is 0 Å². The van der Waals surface area contributed by atoms with E-state index in [4.69, 9.17) is 9.47 Å². The molecule has 0 aliphatic carbocycles. The van der Waals surface area contributed by atoms with Gasteiger partial charge in [-0.15, -0.1) is 0 Å².